The second kappa shape index (κ2) is 6.44. The van der Waals surface area contributed by atoms with Crippen molar-refractivity contribution < 1.29 is 9.53 Å². The molecule has 1 amide bonds. The summed E-state index contributed by atoms with van der Waals surface area (Å²) < 4.78 is 4.70. The van der Waals surface area contributed by atoms with Gasteiger partial charge in [0.1, 0.15) is 0 Å². The minimum atomic E-state index is -0.384. The Morgan fingerprint density at radius 3 is 2.70 bits per heavy atom. The fraction of sp³-hybridized carbons (Fsp3) is 0.167. The molecule has 5 nitrogen and oxygen atoms in total. The maximum absolute atomic E-state index is 11.5. The van der Waals surface area contributed by atoms with Crippen molar-refractivity contribution in [2.75, 3.05) is 24.4 Å². The Balaban J connectivity index is 1.69. The summed E-state index contributed by atoms with van der Waals surface area (Å²) in [5, 5.41) is 4.63. The predicted molar refractivity (Wildman–Crippen MR) is 92.9 cm³/mol. The van der Waals surface area contributed by atoms with Gasteiger partial charge in [-0.25, -0.2) is 4.79 Å². The van der Waals surface area contributed by atoms with E-state index in [1.54, 1.807) is 7.05 Å². The van der Waals surface area contributed by atoms with E-state index in [1.165, 1.54) is 23.0 Å². The molecule has 0 spiro atoms. The third kappa shape index (κ3) is 3.13. The predicted octanol–water partition coefficient (Wildman–Crippen LogP) is 3.98. The summed E-state index contributed by atoms with van der Waals surface area (Å²) in [6.07, 6.45) is 1.57. The quantitative estimate of drug-likeness (QED) is 0.766. The first-order valence-corrected chi connectivity index (χ1v) is 7.39. The monoisotopic (exact) mass is 309 g/mol. The van der Waals surface area contributed by atoms with E-state index in [4.69, 9.17) is 4.74 Å². The van der Waals surface area contributed by atoms with Crippen molar-refractivity contribution in [1.82, 2.24) is 4.98 Å². The number of hydrogen-bond donors (Lipinski definition) is 2. The number of methoxy groups -OCH3 is 1. The van der Waals surface area contributed by atoms with E-state index in [-0.39, 0.29) is 6.09 Å². The van der Waals surface area contributed by atoms with Gasteiger partial charge in [0.2, 0.25) is 0 Å². The van der Waals surface area contributed by atoms with Gasteiger partial charge in [-0.3, -0.25) is 4.90 Å². The van der Waals surface area contributed by atoms with Crippen LogP contribution in [0.25, 0.3) is 10.9 Å². The summed E-state index contributed by atoms with van der Waals surface area (Å²) in [5.41, 5.74) is 4.16. The van der Waals surface area contributed by atoms with Gasteiger partial charge >= 0.3 is 6.09 Å². The Morgan fingerprint density at radius 1 is 1.17 bits per heavy atom. The number of carbonyl (C=O) groups excluding carboxylic acids is 1. The Hall–Kier alpha value is -2.95. The van der Waals surface area contributed by atoms with Gasteiger partial charge in [-0.05, 0) is 42.0 Å². The number of nitrogens with zero attached hydrogens (tertiary/aromatic N) is 1. The molecule has 2 aromatic carbocycles. The lowest BCUT2D eigenvalue weighted by Gasteiger charge is -2.16. The van der Waals surface area contributed by atoms with Crippen LogP contribution in [0.1, 0.15) is 5.56 Å². The van der Waals surface area contributed by atoms with E-state index in [2.05, 4.69) is 28.5 Å². The molecule has 0 saturated heterocycles. The number of hydrogen-bond acceptors (Lipinski definition) is 3. The normalized spacial score (nSPS) is 10.5. The zero-order chi connectivity index (χ0) is 16.2. The summed E-state index contributed by atoms with van der Waals surface area (Å²) in [6, 6.07) is 16.0. The SMILES string of the molecule is COC(=O)N(C)c1ccc(NCc2cccc3[nH]ccc23)cc1. The molecule has 118 valence electrons. The average molecular weight is 309 g/mol. The van der Waals surface area contributed by atoms with Crippen LogP contribution in [0.15, 0.2) is 54.7 Å². The van der Waals surface area contributed by atoms with Gasteiger partial charge in [-0.15, -0.1) is 0 Å². The largest absolute Gasteiger partial charge is 0.452 e. The van der Waals surface area contributed by atoms with Crippen LogP contribution < -0.4 is 10.2 Å². The van der Waals surface area contributed by atoms with Crippen molar-refractivity contribution in [3.05, 3.63) is 60.3 Å². The number of anilines is 2. The number of rotatable bonds is 4. The van der Waals surface area contributed by atoms with Crippen LogP contribution in [0, 0.1) is 0 Å². The molecular formula is C18H19N3O2. The number of fused-ring (bicyclic) bond motifs is 1. The molecule has 0 aliphatic heterocycles. The third-order valence-electron chi connectivity index (χ3n) is 3.87. The van der Waals surface area contributed by atoms with Crippen LogP contribution in [0.5, 0.6) is 0 Å². The fourth-order valence-electron chi connectivity index (χ4n) is 2.55. The van der Waals surface area contributed by atoms with E-state index in [9.17, 15) is 4.79 Å². The number of carbonyl (C=O) groups is 1. The van der Waals surface area contributed by atoms with E-state index < -0.39 is 0 Å². The highest BCUT2D eigenvalue weighted by atomic mass is 16.5. The molecule has 2 N–H and O–H groups in total. The Kier molecular flexibility index (Phi) is 4.19. The van der Waals surface area contributed by atoms with E-state index in [0.717, 1.165) is 23.4 Å². The maximum atomic E-state index is 11.5. The molecule has 0 radical (unpaired) electrons. The third-order valence-corrected chi connectivity index (χ3v) is 3.87. The number of H-pyrrole nitrogens is 1. The lowest BCUT2D eigenvalue weighted by Crippen LogP contribution is -2.25. The lowest BCUT2D eigenvalue weighted by molar-refractivity contribution is 0.180. The van der Waals surface area contributed by atoms with Gasteiger partial charge in [0.05, 0.1) is 7.11 Å². The lowest BCUT2D eigenvalue weighted by atomic mass is 10.1. The minimum absolute atomic E-state index is 0.384. The van der Waals surface area contributed by atoms with Gasteiger partial charge < -0.3 is 15.0 Å². The van der Waals surface area contributed by atoms with Crippen LogP contribution in [0.4, 0.5) is 16.2 Å². The Bertz CT molecular complexity index is 809. The fourth-order valence-corrected chi connectivity index (χ4v) is 2.55. The molecule has 5 heteroatoms. The summed E-state index contributed by atoms with van der Waals surface area (Å²) in [5.74, 6) is 0. The molecule has 23 heavy (non-hydrogen) atoms. The average Bonchev–Trinajstić information content (AvgIpc) is 3.08. The molecule has 0 aliphatic rings. The Morgan fingerprint density at radius 2 is 1.96 bits per heavy atom. The molecule has 0 atom stereocenters. The van der Waals surface area contributed by atoms with Gasteiger partial charge in [-0.1, -0.05) is 12.1 Å². The molecule has 0 aliphatic carbocycles. The first kappa shape index (κ1) is 15.0. The first-order valence-electron chi connectivity index (χ1n) is 7.39. The highest BCUT2D eigenvalue weighted by molar-refractivity contribution is 5.87. The van der Waals surface area contributed by atoms with Gasteiger partial charge in [0.15, 0.2) is 0 Å². The number of benzene rings is 2. The highest BCUT2D eigenvalue weighted by Crippen LogP contribution is 2.21. The van der Waals surface area contributed by atoms with Crippen LogP contribution in [-0.2, 0) is 11.3 Å². The molecule has 0 saturated carbocycles. The molecule has 1 heterocycles. The topological polar surface area (TPSA) is 57.4 Å². The van der Waals surface area contributed by atoms with Crippen molar-refractivity contribution in [3.63, 3.8) is 0 Å². The van der Waals surface area contributed by atoms with Crippen molar-refractivity contribution in [2.24, 2.45) is 0 Å². The van der Waals surface area contributed by atoms with Crippen LogP contribution in [0.3, 0.4) is 0 Å². The number of ether oxygens (including phenoxy) is 1. The van der Waals surface area contributed by atoms with E-state index in [0.29, 0.717) is 0 Å². The van der Waals surface area contributed by atoms with Crippen molar-refractivity contribution in [2.45, 2.75) is 6.54 Å². The summed E-state index contributed by atoms with van der Waals surface area (Å²) >= 11 is 0. The zero-order valence-electron chi connectivity index (χ0n) is 13.2. The molecule has 0 unspecified atom stereocenters. The molecule has 0 bridgehead atoms. The summed E-state index contributed by atoms with van der Waals surface area (Å²) in [4.78, 5) is 16.2. The summed E-state index contributed by atoms with van der Waals surface area (Å²) in [6.45, 7) is 0.737. The second-order valence-corrected chi connectivity index (χ2v) is 5.29. The molecular weight excluding hydrogens is 290 g/mol. The number of aromatic amines is 1. The maximum Gasteiger partial charge on any atom is 0.413 e. The molecule has 3 rings (SSSR count). The van der Waals surface area contributed by atoms with Gasteiger partial charge in [0.25, 0.3) is 0 Å². The van der Waals surface area contributed by atoms with E-state index >= 15 is 0 Å². The number of amides is 1. The summed E-state index contributed by atoms with van der Waals surface area (Å²) in [7, 11) is 3.05. The van der Waals surface area contributed by atoms with Crippen LogP contribution >= 0.6 is 0 Å². The highest BCUT2D eigenvalue weighted by Gasteiger charge is 2.10. The van der Waals surface area contributed by atoms with Crippen molar-refractivity contribution >= 4 is 28.4 Å². The number of aromatic nitrogens is 1. The second-order valence-electron chi connectivity index (χ2n) is 5.29. The smallest absolute Gasteiger partial charge is 0.413 e. The molecule has 1 aromatic heterocycles. The van der Waals surface area contributed by atoms with Gasteiger partial charge in [-0.2, -0.15) is 0 Å². The number of nitrogens with one attached hydrogen (secondary N) is 2. The van der Waals surface area contributed by atoms with Crippen molar-refractivity contribution in [1.29, 1.82) is 0 Å². The van der Waals surface area contributed by atoms with Gasteiger partial charge in [0, 0.05) is 42.1 Å². The van der Waals surface area contributed by atoms with Crippen LogP contribution in [-0.4, -0.2) is 25.2 Å². The van der Waals surface area contributed by atoms with Crippen LogP contribution in [0.2, 0.25) is 0 Å². The zero-order valence-corrected chi connectivity index (χ0v) is 13.2. The molecule has 3 aromatic rings. The molecule has 0 fully saturated rings. The minimum Gasteiger partial charge on any atom is -0.452 e. The first-order chi connectivity index (χ1) is 11.2. The van der Waals surface area contributed by atoms with Crippen molar-refractivity contribution in [3.8, 4) is 0 Å². The van der Waals surface area contributed by atoms with E-state index in [1.807, 2.05) is 36.5 Å². The Labute approximate surface area is 134 Å². The standard InChI is InChI=1S/C18H19N3O2/c1-21(18(22)23-2)15-8-6-14(7-9-15)20-12-13-4-3-5-17-16(13)10-11-19-17/h3-11,19-20H,12H2,1-2H3.